The van der Waals surface area contributed by atoms with Crippen LogP contribution in [0.2, 0.25) is 0 Å². The van der Waals surface area contributed by atoms with Gasteiger partial charge in [0.25, 0.3) is 0 Å². The van der Waals surface area contributed by atoms with E-state index in [0.29, 0.717) is 5.92 Å². The molecule has 26 heavy (non-hydrogen) atoms. The van der Waals surface area contributed by atoms with Gasteiger partial charge in [-0.25, -0.2) is 4.79 Å². The van der Waals surface area contributed by atoms with Crippen LogP contribution in [0.15, 0.2) is 0 Å². The van der Waals surface area contributed by atoms with Crippen LogP contribution < -0.4 is 5.32 Å². The van der Waals surface area contributed by atoms with Gasteiger partial charge in [-0.1, -0.05) is 39.0 Å². The molecule has 0 bridgehead atoms. The molecule has 2 rings (SSSR count). The van der Waals surface area contributed by atoms with E-state index in [1.54, 1.807) is 0 Å². The molecule has 0 spiro atoms. The first-order valence-corrected chi connectivity index (χ1v) is 10.5. The zero-order chi connectivity index (χ0) is 19.4. The molecule has 1 unspecified atom stereocenters. The first-order valence-electron chi connectivity index (χ1n) is 10.5. The van der Waals surface area contributed by atoms with Crippen molar-refractivity contribution in [2.24, 2.45) is 5.92 Å². The lowest BCUT2D eigenvalue weighted by Crippen LogP contribution is -2.51. The van der Waals surface area contributed by atoms with E-state index in [0.717, 1.165) is 25.9 Å². The summed E-state index contributed by atoms with van der Waals surface area (Å²) in [6, 6.07) is 0.0762. The van der Waals surface area contributed by atoms with Crippen LogP contribution in [0, 0.1) is 5.92 Å². The van der Waals surface area contributed by atoms with E-state index in [9.17, 15) is 4.79 Å². The summed E-state index contributed by atoms with van der Waals surface area (Å²) < 4.78 is 12.1. The molecule has 5 nitrogen and oxygen atoms in total. The Morgan fingerprint density at radius 3 is 2.46 bits per heavy atom. The van der Waals surface area contributed by atoms with Gasteiger partial charge in [-0.3, -0.25) is 4.90 Å². The van der Waals surface area contributed by atoms with Gasteiger partial charge in [-0.05, 0) is 59.9 Å². The lowest BCUT2D eigenvalue weighted by atomic mass is 9.83. The van der Waals surface area contributed by atoms with Crippen LogP contribution in [0.5, 0.6) is 0 Å². The van der Waals surface area contributed by atoms with Crippen molar-refractivity contribution in [2.75, 3.05) is 13.1 Å². The SMILES string of the molecule is CCCNCC1OC(C)(C)N(C(=O)OC(C)(C)C)[C@@H]1CC1CCCCC1. The highest BCUT2D eigenvalue weighted by Gasteiger charge is 2.51. The molecular formula is C21H40N2O3. The first kappa shape index (κ1) is 21.5. The van der Waals surface area contributed by atoms with E-state index in [4.69, 9.17) is 9.47 Å². The zero-order valence-corrected chi connectivity index (χ0v) is 17.8. The molecule has 5 heteroatoms. The molecular weight excluding hydrogens is 328 g/mol. The van der Waals surface area contributed by atoms with Gasteiger partial charge >= 0.3 is 6.09 Å². The zero-order valence-electron chi connectivity index (χ0n) is 17.8. The molecule has 0 radical (unpaired) electrons. The summed E-state index contributed by atoms with van der Waals surface area (Å²) in [5.41, 5.74) is -1.14. The maximum Gasteiger partial charge on any atom is 0.412 e. The van der Waals surface area contributed by atoms with Crippen LogP contribution in [-0.2, 0) is 9.47 Å². The van der Waals surface area contributed by atoms with Crippen LogP contribution in [0.3, 0.4) is 0 Å². The van der Waals surface area contributed by atoms with Crippen molar-refractivity contribution in [3.63, 3.8) is 0 Å². The third-order valence-electron chi connectivity index (χ3n) is 5.44. The van der Waals surface area contributed by atoms with E-state index in [2.05, 4.69) is 12.2 Å². The standard InChI is InChI=1S/C21H40N2O3/c1-7-13-22-15-18-17(14-16-11-9-8-10-12-16)23(21(5,6)25-18)19(24)26-20(2,3)4/h16-18,22H,7-15H2,1-6H3/t17-,18?/m1/s1. The molecule has 2 fully saturated rings. The van der Waals surface area contributed by atoms with Crippen LogP contribution >= 0.6 is 0 Å². The van der Waals surface area contributed by atoms with Crippen LogP contribution in [0.4, 0.5) is 4.79 Å². The Morgan fingerprint density at radius 2 is 1.88 bits per heavy atom. The summed E-state index contributed by atoms with van der Waals surface area (Å²) in [5, 5.41) is 3.49. The van der Waals surface area contributed by atoms with E-state index >= 15 is 0 Å². The van der Waals surface area contributed by atoms with Crippen molar-refractivity contribution in [3.05, 3.63) is 0 Å². The fourth-order valence-electron chi connectivity index (χ4n) is 4.36. The number of hydrogen-bond acceptors (Lipinski definition) is 4. The predicted octanol–water partition coefficient (Wildman–Crippen LogP) is 4.70. The van der Waals surface area contributed by atoms with E-state index in [1.165, 1.54) is 32.1 Å². The topological polar surface area (TPSA) is 50.8 Å². The van der Waals surface area contributed by atoms with Crippen molar-refractivity contribution in [1.82, 2.24) is 10.2 Å². The normalized spacial score (nSPS) is 26.9. The Labute approximate surface area is 160 Å². The molecule has 1 saturated carbocycles. The molecule has 1 N–H and O–H groups in total. The molecule has 0 aromatic carbocycles. The lowest BCUT2D eigenvalue weighted by molar-refractivity contribution is -0.0783. The number of nitrogens with one attached hydrogen (secondary N) is 1. The Morgan fingerprint density at radius 1 is 1.23 bits per heavy atom. The highest BCUT2D eigenvalue weighted by Crippen LogP contribution is 2.39. The minimum absolute atomic E-state index is 0.0194. The van der Waals surface area contributed by atoms with Crippen molar-refractivity contribution < 1.29 is 14.3 Å². The van der Waals surface area contributed by atoms with Gasteiger partial charge in [0.2, 0.25) is 0 Å². The Hall–Kier alpha value is -0.810. The fourth-order valence-corrected chi connectivity index (χ4v) is 4.36. The summed E-state index contributed by atoms with van der Waals surface area (Å²) in [7, 11) is 0. The lowest BCUT2D eigenvalue weighted by Gasteiger charge is -2.37. The second-order valence-electron chi connectivity index (χ2n) is 9.46. The molecule has 2 aliphatic rings. The predicted molar refractivity (Wildman–Crippen MR) is 105 cm³/mol. The molecule has 1 aliphatic heterocycles. The summed E-state index contributed by atoms with van der Waals surface area (Å²) in [4.78, 5) is 14.9. The molecule has 0 aromatic rings. The minimum atomic E-state index is -0.639. The number of amides is 1. The molecule has 1 heterocycles. The maximum atomic E-state index is 13.0. The summed E-state index contributed by atoms with van der Waals surface area (Å²) in [6.07, 6.45) is 8.40. The Bertz CT molecular complexity index is 453. The fraction of sp³-hybridized carbons (Fsp3) is 0.952. The Kier molecular flexibility index (Phi) is 7.37. The van der Waals surface area contributed by atoms with Gasteiger partial charge in [0, 0.05) is 6.54 Å². The van der Waals surface area contributed by atoms with Crippen LogP contribution in [0.25, 0.3) is 0 Å². The average molecular weight is 369 g/mol. The molecule has 0 aromatic heterocycles. The van der Waals surface area contributed by atoms with E-state index in [-0.39, 0.29) is 18.2 Å². The summed E-state index contributed by atoms with van der Waals surface area (Å²) in [5.74, 6) is 0.685. The number of nitrogens with zero attached hydrogens (tertiary/aromatic N) is 1. The van der Waals surface area contributed by atoms with Gasteiger partial charge in [0.1, 0.15) is 11.3 Å². The van der Waals surface area contributed by atoms with Crippen molar-refractivity contribution in [2.45, 2.75) is 110 Å². The van der Waals surface area contributed by atoms with E-state index in [1.807, 2.05) is 39.5 Å². The smallest absolute Gasteiger partial charge is 0.412 e. The monoisotopic (exact) mass is 368 g/mol. The van der Waals surface area contributed by atoms with Crippen LogP contribution in [-0.4, -0.2) is 47.6 Å². The minimum Gasteiger partial charge on any atom is -0.444 e. The van der Waals surface area contributed by atoms with E-state index < -0.39 is 11.3 Å². The second kappa shape index (κ2) is 8.92. The average Bonchev–Trinajstić information content (AvgIpc) is 2.77. The van der Waals surface area contributed by atoms with Gasteiger partial charge < -0.3 is 14.8 Å². The molecule has 1 saturated heterocycles. The largest absolute Gasteiger partial charge is 0.444 e. The molecule has 1 aliphatic carbocycles. The number of carbonyl (C=O) groups excluding carboxylic acids is 1. The van der Waals surface area contributed by atoms with Gasteiger partial charge in [0.15, 0.2) is 0 Å². The van der Waals surface area contributed by atoms with Crippen molar-refractivity contribution >= 4 is 6.09 Å². The number of ether oxygens (including phenoxy) is 2. The third kappa shape index (κ3) is 5.85. The Balaban J connectivity index is 2.16. The van der Waals surface area contributed by atoms with Gasteiger partial charge in [-0.15, -0.1) is 0 Å². The molecule has 2 atom stereocenters. The number of carbonyl (C=O) groups is 1. The highest BCUT2D eigenvalue weighted by molar-refractivity contribution is 5.70. The van der Waals surface area contributed by atoms with Crippen molar-refractivity contribution in [1.29, 1.82) is 0 Å². The third-order valence-corrected chi connectivity index (χ3v) is 5.44. The number of hydrogen-bond donors (Lipinski definition) is 1. The second-order valence-corrected chi connectivity index (χ2v) is 9.46. The summed E-state index contributed by atoms with van der Waals surface area (Å²) in [6.45, 7) is 13.7. The first-order chi connectivity index (χ1) is 12.1. The van der Waals surface area contributed by atoms with Crippen LogP contribution in [0.1, 0.15) is 86.5 Å². The van der Waals surface area contributed by atoms with Gasteiger partial charge in [0.05, 0.1) is 12.1 Å². The number of rotatable bonds is 6. The van der Waals surface area contributed by atoms with Gasteiger partial charge in [-0.2, -0.15) is 0 Å². The highest BCUT2D eigenvalue weighted by atomic mass is 16.6. The molecule has 1 amide bonds. The summed E-state index contributed by atoms with van der Waals surface area (Å²) >= 11 is 0. The maximum absolute atomic E-state index is 13.0. The van der Waals surface area contributed by atoms with Crippen molar-refractivity contribution in [3.8, 4) is 0 Å². The quantitative estimate of drug-likeness (QED) is 0.691. The molecule has 152 valence electrons.